The van der Waals surface area contributed by atoms with E-state index in [9.17, 15) is 10.1 Å². The molecule has 7 nitrogen and oxygen atoms in total. The van der Waals surface area contributed by atoms with Crippen LogP contribution in [0.1, 0.15) is 32.1 Å². The Bertz CT molecular complexity index is 883. The first-order valence-corrected chi connectivity index (χ1v) is 10.3. The van der Waals surface area contributed by atoms with Gasteiger partial charge in [-0.15, -0.1) is 10.2 Å². The molecule has 0 aliphatic heterocycles. The number of ether oxygens (including phenoxy) is 1. The van der Waals surface area contributed by atoms with Crippen LogP contribution in [-0.2, 0) is 11.8 Å². The number of nitriles is 1. The number of amides is 1. The third-order valence-electron chi connectivity index (χ3n) is 5.41. The summed E-state index contributed by atoms with van der Waals surface area (Å²) in [4.78, 5) is 14.4. The Morgan fingerprint density at radius 1 is 1.32 bits per heavy atom. The monoisotopic (exact) mass is 399 g/mol. The topological polar surface area (TPSA) is 84.0 Å². The van der Waals surface area contributed by atoms with Crippen molar-refractivity contribution >= 4 is 17.7 Å². The quantitative estimate of drug-likeness (QED) is 0.693. The zero-order valence-corrected chi connectivity index (χ0v) is 17.3. The third kappa shape index (κ3) is 3.85. The molecule has 2 aromatic rings. The number of methoxy groups -OCH3 is 1. The Kier molecular flexibility index (Phi) is 6.25. The van der Waals surface area contributed by atoms with Gasteiger partial charge in [0.2, 0.25) is 5.91 Å². The van der Waals surface area contributed by atoms with Gasteiger partial charge in [0, 0.05) is 14.1 Å². The number of hydrogen-bond acceptors (Lipinski definition) is 6. The van der Waals surface area contributed by atoms with Gasteiger partial charge in [0.05, 0.1) is 24.5 Å². The molecule has 1 aromatic heterocycles. The predicted octanol–water partition coefficient (Wildman–Crippen LogP) is 3.27. The number of hydrogen-bond donors (Lipinski definition) is 0. The number of aromatic nitrogens is 3. The van der Waals surface area contributed by atoms with E-state index in [1.165, 1.54) is 11.8 Å². The van der Waals surface area contributed by atoms with Gasteiger partial charge >= 0.3 is 0 Å². The maximum absolute atomic E-state index is 12.7. The summed E-state index contributed by atoms with van der Waals surface area (Å²) in [5.74, 6) is 1.56. The predicted molar refractivity (Wildman–Crippen MR) is 108 cm³/mol. The van der Waals surface area contributed by atoms with E-state index in [4.69, 9.17) is 4.74 Å². The van der Waals surface area contributed by atoms with E-state index in [1.807, 2.05) is 35.9 Å². The molecule has 1 aromatic carbocycles. The van der Waals surface area contributed by atoms with Crippen LogP contribution in [0.4, 0.5) is 0 Å². The fourth-order valence-corrected chi connectivity index (χ4v) is 4.45. The second-order valence-corrected chi connectivity index (χ2v) is 7.95. The van der Waals surface area contributed by atoms with Gasteiger partial charge in [-0.3, -0.25) is 4.79 Å². The maximum Gasteiger partial charge on any atom is 0.234 e. The smallest absolute Gasteiger partial charge is 0.234 e. The largest absolute Gasteiger partial charge is 0.496 e. The Morgan fingerprint density at radius 3 is 2.71 bits per heavy atom. The number of carbonyl (C=O) groups is 1. The van der Waals surface area contributed by atoms with Gasteiger partial charge in [0.15, 0.2) is 11.0 Å². The fourth-order valence-electron chi connectivity index (χ4n) is 3.63. The molecule has 0 saturated heterocycles. The highest BCUT2D eigenvalue weighted by atomic mass is 32.2. The summed E-state index contributed by atoms with van der Waals surface area (Å²) in [5.41, 5.74) is 0.180. The average molecular weight is 400 g/mol. The van der Waals surface area contributed by atoms with Crippen molar-refractivity contribution in [2.75, 3.05) is 19.9 Å². The Hall–Kier alpha value is -2.53. The maximum atomic E-state index is 12.7. The first-order valence-electron chi connectivity index (χ1n) is 9.36. The summed E-state index contributed by atoms with van der Waals surface area (Å²) < 4.78 is 7.26. The second-order valence-electron chi connectivity index (χ2n) is 7.01. The van der Waals surface area contributed by atoms with Gasteiger partial charge in [-0.2, -0.15) is 5.26 Å². The number of nitrogens with zero attached hydrogens (tertiary/aromatic N) is 5. The van der Waals surface area contributed by atoms with Crippen molar-refractivity contribution in [3.63, 3.8) is 0 Å². The van der Waals surface area contributed by atoms with Gasteiger partial charge in [-0.05, 0) is 25.0 Å². The van der Waals surface area contributed by atoms with E-state index in [-0.39, 0.29) is 11.7 Å². The highest BCUT2D eigenvalue weighted by Gasteiger charge is 2.38. The molecule has 1 aliphatic rings. The summed E-state index contributed by atoms with van der Waals surface area (Å²) in [6, 6.07) is 10.0. The normalized spacial score (nSPS) is 15.6. The van der Waals surface area contributed by atoms with Crippen LogP contribution in [0.25, 0.3) is 11.4 Å². The molecule has 1 aliphatic carbocycles. The number of carbonyl (C=O) groups excluding carboxylic acids is 1. The SMILES string of the molecule is COc1ccccc1-c1nnc(SCC(=O)N(C)C2(C#N)CCCCC2)n1C. The third-order valence-corrected chi connectivity index (χ3v) is 6.42. The Balaban J connectivity index is 1.71. The van der Waals surface area contributed by atoms with Gasteiger partial charge in [0.25, 0.3) is 0 Å². The summed E-state index contributed by atoms with van der Waals surface area (Å²) in [6.45, 7) is 0. The molecule has 3 rings (SSSR count). The van der Waals surface area contributed by atoms with Gasteiger partial charge in [-0.25, -0.2) is 0 Å². The summed E-state index contributed by atoms with van der Waals surface area (Å²) >= 11 is 1.33. The molecule has 1 amide bonds. The molecule has 1 saturated carbocycles. The molecule has 28 heavy (non-hydrogen) atoms. The minimum atomic E-state index is -0.668. The molecule has 0 radical (unpaired) electrons. The van der Waals surface area contributed by atoms with Crippen LogP contribution in [-0.4, -0.2) is 51.0 Å². The average Bonchev–Trinajstić information content (AvgIpc) is 3.11. The first kappa shape index (κ1) is 20.2. The van der Waals surface area contributed by atoms with Crippen molar-refractivity contribution in [3.05, 3.63) is 24.3 Å². The number of para-hydroxylation sites is 1. The van der Waals surface area contributed by atoms with E-state index in [0.717, 1.165) is 43.4 Å². The zero-order valence-electron chi connectivity index (χ0n) is 16.5. The summed E-state index contributed by atoms with van der Waals surface area (Å²) in [7, 11) is 5.24. The van der Waals surface area contributed by atoms with Crippen LogP contribution >= 0.6 is 11.8 Å². The molecule has 0 unspecified atom stereocenters. The molecule has 8 heteroatoms. The second kappa shape index (κ2) is 8.65. The highest BCUT2D eigenvalue weighted by molar-refractivity contribution is 7.99. The van der Waals surface area contributed by atoms with Crippen LogP contribution in [0.2, 0.25) is 0 Å². The highest BCUT2D eigenvalue weighted by Crippen LogP contribution is 2.33. The summed E-state index contributed by atoms with van der Waals surface area (Å²) in [5, 5.41) is 18.8. The minimum Gasteiger partial charge on any atom is -0.496 e. The molecule has 0 bridgehead atoms. The van der Waals surface area contributed by atoms with Crippen LogP contribution in [0.3, 0.4) is 0 Å². The molecular formula is C20H25N5O2S. The fraction of sp³-hybridized carbons (Fsp3) is 0.500. The van der Waals surface area contributed by atoms with Crippen molar-refractivity contribution < 1.29 is 9.53 Å². The Morgan fingerprint density at radius 2 is 2.04 bits per heavy atom. The van der Waals surface area contributed by atoms with Gasteiger partial charge in [0.1, 0.15) is 11.3 Å². The van der Waals surface area contributed by atoms with Gasteiger partial charge < -0.3 is 14.2 Å². The van der Waals surface area contributed by atoms with E-state index in [2.05, 4.69) is 16.3 Å². The van der Waals surface area contributed by atoms with Gasteiger partial charge in [-0.1, -0.05) is 43.2 Å². The lowest BCUT2D eigenvalue weighted by atomic mass is 9.81. The van der Waals surface area contributed by atoms with E-state index >= 15 is 0 Å². The molecule has 0 N–H and O–H groups in total. The van der Waals surface area contributed by atoms with Crippen LogP contribution in [0.15, 0.2) is 29.4 Å². The van der Waals surface area contributed by atoms with E-state index in [1.54, 1.807) is 19.1 Å². The molecule has 0 atom stereocenters. The first-order chi connectivity index (χ1) is 13.5. The minimum absolute atomic E-state index is 0.0599. The standard InChI is InChI=1S/C20H25N5O2S/c1-24-18(15-9-5-6-10-16(15)27-3)22-23-19(24)28-13-17(26)25(2)20(14-21)11-7-4-8-12-20/h5-6,9-10H,4,7-8,11-13H2,1-3H3. The summed E-state index contributed by atoms with van der Waals surface area (Å²) in [6.07, 6.45) is 4.61. The Labute approximate surface area is 169 Å². The molecule has 1 heterocycles. The lowest BCUT2D eigenvalue weighted by Crippen LogP contribution is -2.50. The van der Waals surface area contributed by atoms with Crippen molar-refractivity contribution in [3.8, 4) is 23.2 Å². The number of thioether (sulfide) groups is 1. The molecule has 148 valence electrons. The molecular weight excluding hydrogens is 374 g/mol. The van der Waals surface area contributed by atoms with E-state index < -0.39 is 5.54 Å². The molecule has 1 fully saturated rings. The van der Waals surface area contributed by atoms with Crippen LogP contribution in [0.5, 0.6) is 5.75 Å². The lowest BCUT2D eigenvalue weighted by Gasteiger charge is -2.39. The van der Waals surface area contributed by atoms with Crippen molar-refractivity contribution in [2.24, 2.45) is 7.05 Å². The van der Waals surface area contributed by atoms with Crippen molar-refractivity contribution in [2.45, 2.75) is 42.8 Å². The lowest BCUT2D eigenvalue weighted by molar-refractivity contribution is -0.131. The molecule has 0 spiro atoms. The number of rotatable bonds is 6. The van der Waals surface area contributed by atoms with Crippen molar-refractivity contribution in [1.29, 1.82) is 5.26 Å². The zero-order chi connectivity index (χ0) is 20.1. The van der Waals surface area contributed by atoms with Crippen LogP contribution in [0, 0.1) is 11.3 Å². The number of benzene rings is 1. The van der Waals surface area contributed by atoms with Crippen LogP contribution < -0.4 is 4.74 Å². The van der Waals surface area contributed by atoms with E-state index in [0.29, 0.717) is 11.0 Å². The van der Waals surface area contributed by atoms with Crippen molar-refractivity contribution in [1.82, 2.24) is 19.7 Å².